The van der Waals surface area contributed by atoms with E-state index in [9.17, 15) is 0 Å². The van der Waals surface area contributed by atoms with Gasteiger partial charge in [-0.1, -0.05) is 37.3 Å². The van der Waals surface area contributed by atoms with Crippen LogP contribution in [-0.2, 0) is 6.54 Å². The van der Waals surface area contributed by atoms with Crippen molar-refractivity contribution in [3.05, 3.63) is 42.0 Å². The van der Waals surface area contributed by atoms with Crippen LogP contribution in [0, 0.1) is 5.92 Å². The van der Waals surface area contributed by atoms with Crippen molar-refractivity contribution in [2.75, 3.05) is 24.1 Å². The van der Waals surface area contributed by atoms with Gasteiger partial charge < -0.3 is 11.1 Å². The van der Waals surface area contributed by atoms with E-state index in [2.05, 4.69) is 51.8 Å². The van der Waals surface area contributed by atoms with Crippen LogP contribution in [0.4, 0.5) is 10.8 Å². The molecule has 0 amide bonds. The standard InChI is InChI=1S/C16H22N4S/c1-12-10-20(11-13-5-3-2-4-6-13)8-7-14(12)18-16-9-15(17)19-21-16/h2-6,9,12,14,18H,7-8,10-11H2,1H3,(H2,17,19). The lowest BCUT2D eigenvalue weighted by Crippen LogP contribution is -2.44. The van der Waals surface area contributed by atoms with Crippen molar-refractivity contribution < 1.29 is 0 Å². The molecule has 2 heterocycles. The van der Waals surface area contributed by atoms with Crippen molar-refractivity contribution in [2.45, 2.75) is 25.9 Å². The van der Waals surface area contributed by atoms with E-state index in [1.165, 1.54) is 17.1 Å². The van der Waals surface area contributed by atoms with Crippen molar-refractivity contribution in [1.29, 1.82) is 0 Å². The number of likely N-dealkylation sites (tertiary alicyclic amines) is 1. The average Bonchev–Trinajstić information content (AvgIpc) is 2.88. The summed E-state index contributed by atoms with van der Waals surface area (Å²) in [7, 11) is 0. The summed E-state index contributed by atoms with van der Waals surface area (Å²) in [6.45, 7) is 5.62. The SMILES string of the molecule is CC1CN(Cc2ccccc2)CCC1Nc1cc(N)ns1. The van der Waals surface area contributed by atoms with Crippen LogP contribution >= 0.6 is 11.5 Å². The lowest BCUT2D eigenvalue weighted by Gasteiger charge is -2.37. The first kappa shape index (κ1) is 14.4. The maximum atomic E-state index is 5.68. The molecule has 1 aliphatic rings. The molecular weight excluding hydrogens is 280 g/mol. The molecule has 5 heteroatoms. The fraction of sp³-hybridized carbons (Fsp3) is 0.438. The van der Waals surface area contributed by atoms with Gasteiger partial charge in [-0.05, 0) is 29.4 Å². The molecule has 0 radical (unpaired) electrons. The second kappa shape index (κ2) is 6.45. The summed E-state index contributed by atoms with van der Waals surface area (Å²) in [6.07, 6.45) is 1.16. The molecule has 2 aromatic rings. The molecule has 1 saturated heterocycles. The van der Waals surface area contributed by atoms with Gasteiger partial charge in [-0.2, -0.15) is 4.37 Å². The first-order chi connectivity index (χ1) is 10.2. The van der Waals surface area contributed by atoms with Crippen LogP contribution in [0.5, 0.6) is 0 Å². The second-order valence-corrected chi connectivity index (χ2v) is 6.66. The van der Waals surface area contributed by atoms with E-state index in [4.69, 9.17) is 5.73 Å². The highest BCUT2D eigenvalue weighted by atomic mass is 32.1. The van der Waals surface area contributed by atoms with Crippen molar-refractivity contribution >= 4 is 22.4 Å². The number of nitrogens with zero attached hydrogens (tertiary/aromatic N) is 2. The predicted molar refractivity (Wildman–Crippen MR) is 89.4 cm³/mol. The first-order valence-corrected chi connectivity index (χ1v) is 8.23. The molecule has 0 aliphatic carbocycles. The molecule has 0 spiro atoms. The minimum absolute atomic E-state index is 0.511. The number of hydrogen-bond acceptors (Lipinski definition) is 5. The van der Waals surface area contributed by atoms with Gasteiger partial charge in [0.2, 0.25) is 0 Å². The molecule has 3 rings (SSSR count). The van der Waals surface area contributed by atoms with Crippen molar-refractivity contribution in [3.63, 3.8) is 0 Å². The van der Waals surface area contributed by atoms with Gasteiger partial charge in [-0.25, -0.2) is 0 Å². The maximum Gasteiger partial charge on any atom is 0.139 e. The number of nitrogen functional groups attached to an aromatic ring is 1. The Kier molecular flexibility index (Phi) is 4.41. The zero-order valence-electron chi connectivity index (χ0n) is 12.3. The number of nitrogens with two attached hydrogens (primary N) is 1. The average molecular weight is 302 g/mol. The summed E-state index contributed by atoms with van der Waals surface area (Å²) in [5, 5.41) is 4.67. The Morgan fingerprint density at radius 2 is 2.19 bits per heavy atom. The second-order valence-electron chi connectivity index (χ2n) is 5.85. The topological polar surface area (TPSA) is 54.2 Å². The number of anilines is 2. The summed E-state index contributed by atoms with van der Waals surface area (Å²) in [5.41, 5.74) is 7.07. The van der Waals surface area contributed by atoms with E-state index in [0.29, 0.717) is 17.8 Å². The van der Waals surface area contributed by atoms with Gasteiger partial charge in [0.15, 0.2) is 0 Å². The van der Waals surface area contributed by atoms with E-state index in [0.717, 1.165) is 31.1 Å². The van der Waals surface area contributed by atoms with Crippen LogP contribution in [0.2, 0.25) is 0 Å². The van der Waals surface area contributed by atoms with Gasteiger partial charge in [0.05, 0.1) is 0 Å². The molecule has 2 unspecified atom stereocenters. The minimum Gasteiger partial charge on any atom is -0.383 e. The summed E-state index contributed by atoms with van der Waals surface area (Å²) in [5.74, 6) is 1.22. The van der Waals surface area contributed by atoms with Crippen molar-refractivity contribution in [3.8, 4) is 0 Å². The van der Waals surface area contributed by atoms with Gasteiger partial charge >= 0.3 is 0 Å². The quantitative estimate of drug-likeness (QED) is 0.911. The molecule has 4 nitrogen and oxygen atoms in total. The van der Waals surface area contributed by atoms with Crippen LogP contribution in [0.25, 0.3) is 0 Å². The Hall–Kier alpha value is -1.59. The molecule has 112 valence electrons. The van der Waals surface area contributed by atoms with Gasteiger partial charge in [-0.15, -0.1) is 0 Å². The number of piperidine rings is 1. The third kappa shape index (κ3) is 3.74. The first-order valence-electron chi connectivity index (χ1n) is 7.46. The van der Waals surface area contributed by atoms with Crippen molar-refractivity contribution in [2.24, 2.45) is 5.92 Å². The van der Waals surface area contributed by atoms with Crippen LogP contribution in [0.3, 0.4) is 0 Å². The lowest BCUT2D eigenvalue weighted by molar-refractivity contribution is 0.165. The van der Waals surface area contributed by atoms with E-state index >= 15 is 0 Å². The van der Waals surface area contributed by atoms with E-state index < -0.39 is 0 Å². The highest BCUT2D eigenvalue weighted by Crippen LogP contribution is 2.25. The van der Waals surface area contributed by atoms with Gasteiger partial charge in [0.1, 0.15) is 10.8 Å². The fourth-order valence-electron chi connectivity index (χ4n) is 2.97. The van der Waals surface area contributed by atoms with Crippen molar-refractivity contribution in [1.82, 2.24) is 9.27 Å². The Labute approximate surface area is 130 Å². The minimum atomic E-state index is 0.511. The molecule has 1 aromatic carbocycles. The Balaban J connectivity index is 1.54. The Bertz CT molecular complexity index is 569. The zero-order valence-corrected chi connectivity index (χ0v) is 13.1. The molecule has 2 atom stereocenters. The van der Waals surface area contributed by atoms with Crippen LogP contribution in [0.15, 0.2) is 36.4 Å². The number of hydrogen-bond donors (Lipinski definition) is 2. The Morgan fingerprint density at radius 1 is 1.38 bits per heavy atom. The highest BCUT2D eigenvalue weighted by Gasteiger charge is 2.26. The van der Waals surface area contributed by atoms with Gasteiger partial charge in [-0.3, -0.25) is 4.90 Å². The molecule has 1 fully saturated rings. The third-order valence-electron chi connectivity index (χ3n) is 4.09. The maximum absolute atomic E-state index is 5.68. The summed E-state index contributed by atoms with van der Waals surface area (Å²) in [6, 6.07) is 13.1. The van der Waals surface area contributed by atoms with Gasteiger partial charge in [0.25, 0.3) is 0 Å². The monoisotopic (exact) mass is 302 g/mol. The molecular formula is C16H22N4S. The van der Waals surface area contributed by atoms with E-state index in [-0.39, 0.29) is 0 Å². The van der Waals surface area contributed by atoms with Crippen LogP contribution in [0.1, 0.15) is 18.9 Å². The molecule has 3 N–H and O–H groups in total. The van der Waals surface area contributed by atoms with Gasteiger partial charge in [0, 0.05) is 31.7 Å². The molecule has 0 saturated carbocycles. The Morgan fingerprint density at radius 3 is 2.86 bits per heavy atom. The number of rotatable bonds is 4. The number of aromatic nitrogens is 1. The summed E-state index contributed by atoms with van der Waals surface area (Å²) >= 11 is 1.45. The fourth-order valence-corrected chi connectivity index (χ4v) is 3.61. The third-order valence-corrected chi connectivity index (χ3v) is 4.83. The van der Waals surface area contributed by atoms with Crippen LogP contribution < -0.4 is 11.1 Å². The lowest BCUT2D eigenvalue weighted by atomic mass is 9.93. The molecule has 1 aromatic heterocycles. The summed E-state index contributed by atoms with van der Waals surface area (Å²) in [4.78, 5) is 2.54. The highest BCUT2D eigenvalue weighted by molar-refractivity contribution is 7.10. The van der Waals surface area contributed by atoms with Crippen LogP contribution in [-0.4, -0.2) is 28.4 Å². The zero-order chi connectivity index (χ0) is 14.7. The van der Waals surface area contributed by atoms with E-state index in [1.54, 1.807) is 0 Å². The smallest absolute Gasteiger partial charge is 0.139 e. The number of nitrogens with one attached hydrogen (secondary N) is 1. The number of benzene rings is 1. The van der Waals surface area contributed by atoms with E-state index in [1.807, 2.05) is 6.07 Å². The molecule has 0 bridgehead atoms. The predicted octanol–water partition coefficient (Wildman–Crippen LogP) is 3.05. The largest absolute Gasteiger partial charge is 0.383 e. The normalized spacial score (nSPS) is 23.1. The summed E-state index contributed by atoms with van der Waals surface area (Å²) < 4.78 is 4.12. The molecule has 1 aliphatic heterocycles. The molecule has 21 heavy (non-hydrogen) atoms.